The molecule has 2 aliphatic heterocycles. The minimum Gasteiger partial charge on any atom is -0.492 e. The summed E-state index contributed by atoms with van der Waals surface area (Å²) in [6.45, 7) is 3.50. The molecule has 3 rings (SSSR count). The van der Waals surface area contributed by atoms with Crippen molar-refractivity contribution in [3.63, 3.8) is 0 Å². The number of ether oxygens (including phenoxy) is 1. The summed E-state index contributed by atoms with van der Waals surface area (Å²) in [5.74, 6) is 1.70. The molecule has 0 radical (unpaired) electrons. The fraction of sp³-hybridized carbons (Fsp3) is 0.588. The number of amides is 1. The molecule has 1 aromatic rings. The largest absolute Gasteiger partial charge is 0.492 e. The molecule has 2 aliphatic rings. The van der Waals surface area contributed by atoms with Gasteiger partial charge in [-0.1, -0.05) is 18.2 Å². The Morgan fingerprint density at radius 3 is 3.10 bits per heavy atom. The lowest BCUT2D eigenvalue weighted by Gasteiger charge is -2.31. The Bertz CT molecular complexity index is 497. The van der Waals surface area contributed by atoms with Gasteiger partial charge in [0, 0.05) is 13.6 Å². The molecule has 0 bridgehead atoms. The van der Waals surface area contributed by atoms with Crippen LogP contribution in [0.25, 0.3) is 0 Å². The molecule has 1 fully saturated rings. The maximum absolute atomic E-state index is 12.6. The lowest BCUT2D eigenvalue weighted by Crippen LogP contribution is -2.43. The van der Waals surface area contributed by atoms with Crippen LogP contribution in [0.5, 0.6) is 5.75 Å². The van der Waals surface area contributed by atoms with Crippen molar-refractivity contribution in [2.45, 2.75) is 19.3 Å². The van der Waals surface area contributed by atoms with Crippen molar-refractivity contribution in [3.8, 4) is 5.75 Å². The Morgan fingerprint density at radius 1 is 1.43 bits per heavy atom. The fourth-order valence-electron chi connectivity index (χ4n) is 3.36. The van der Waals surface area contributed by atoms with Crippen molar-refractivity contribution in [1.29, 1.82) is 0 Å². The first-order valence-corrected chi connectivity index (χ1v) is 7.90. The van der Waals surface area contributed by atoms with E-state index in [1.165, 1.54) is 12.8 Å². The molecule has 0 aliphatic carbocycles. The van der Waals surface area contributed by atoms with Crippen molar-refractivity contribution in [2.75, 3.05) is 33.3 Å². The van der Waals surface area contributed by atoms with E-state index in [0.29, 0.717) is 12.5 Å². The second-order valence-corrected chi connectivity index (χ2v) is 6.25. The maximum atomic E-state index is 12.6. The Balaban J connectivity index is 1.58. The van der Waals surface area contributed by atoms with Gasteiger partial charge in [0.15, 0.2) is 0 Å². The maximum Gasteiger partial charge on any atom is 0.229 e. The quantitative estimate of drug-likeness (QED) is 0.920. The van der Waals surface area contributed by atoms with E-state index in [0.717, 1.165) is 37.4 Å². The first-order valence-electron chi connectivity index (χ1n) is 7.90. The second-order valence-electron chi connectivity index (χ2n) is 6.25. The molecular weight excluding hydrogens is 264 g/mol. The molecule has 4 heteroatoms. The van der Waals surface area contributed by atoms with Gasteiger partial charge in [0.1, 0.15) is 12.4 Å². The molecule has 1 amide bonds. The summed E-state index contributed by atoms with van der Waals surface area (Å²) >= 11 is 0. The molecular formula is C17H24N2O2. The smallest absolute Gasteiger partial charge is 0.229 e. The summed E-state index contributed by atoms with van der Waals surface area (Å²) in [7, 11) is 1.93. The molecule has 0 aromatic heterocycles. The summed E-state index contributed by atoms with van der Waals surface area (Å²) in [5.41, 5.74) is 1.15. The van der Waals surface area contributed by atoms with E-state index in [1.54, 1.807) is 0 Å². The van der Waals surface area contributed by atoms with Crippen molar-refractivity contribution in [1.82, 2.24) is 10.2 Å². The number of fused-ring (bicyclic) bond motifs is 1. The highest BCUT2D eigenvalue weighted by Gasteiger charge is 2.29. The van der Waals surface area contributed by atoms with E-state index in [9.17, 15) is 4.79 Å². The van der Waals surface area contributed by atoms with Crippen LogP contribution in [-0.4, -0.2) is 44.1 Å². The zero-order valence-electron chi connectivity index (χ0n) is 12.7. The predicted octanol–water partition coefficient (Wildman–Crippen LogP) is 1.70. The van der Waals surface area contributed by atoms with Gasteiger partial charge in [-0.25, -0.2) is 0 Å². The number of carbonyl (C=O) groups is 1. The fourth-order valence-corrected chi connectivity index (χ4v) is 3.36. The molecule has 0 spiro atoms. The third-order valence-corrected chi connectivity index (χ3v) is 4.54. The van der Waals surface area contributed by atoms with E-state index in [1.807, 2.05) is 30.1 Å². The van der Waals surface area contributed by atoms with Gasteiger partial charge >= 0.3 is 0 Å². The van der Waals surface area contributed by atoms with E-state index in [4.69, 9.17) is 4.74 Å². The lowest BCUT2D eigenvalue weighted by atomic mass is 9.94. The molecule has 0 saturated carbocycles. The number of piperidine rings is 1. The normalized spacial score (nSPS) is 24.8. The number of rotatable bonds is 3. The first kappa shape index (κ1) is 14.4. The zero-order valence-corrected chi connectivity index (χ0v) is 12.7. The Morgan fingerprint density at radius 2 is 2.29 bits per heavy atom. The summed E-state index contributed by atoms with van der Waals surface area (Å²) < 4.78 is 5.74. The van der Waals surface area contributed by atoms with Gasteiger partial charge in [0.2, 0.25) is 5.91 Å². The number of carbonyl (C=O) groups excluding carboxylic acids is 1. The monoisotopic (exact) mass is 288 g/mol. The van der Waals surface area contributed by atoms with E-state index in [2.05, 4.69) is 11.4 Å². The van der Waals surface area contributed by atoms with Crippen LogP contribution in [0.3, 0.4) is 0 Å². The van der Waals surface area contributed by atoms with E-state index >= 15 is 0 Å². The molecule has 1 aromatic carbocycles. The Hall–Kier alpha value is -1.55. The molecule has 2 atom stereocenters. The minimum absolute atomic E-state index is 0.0403. The number of nitrogens with zero attached hydrogens (tertiary/aromatic N) is 1. The highest BCUT2D eigenvalue weighted by atomic mass is 16.5. The van der Waals surface area contributed by atoms with Gasteiger partial charge in [0.05, 0.1) is 5.92 Å². The van der Waals surface area contributed by atoms with Crippen molar-refractivity contribution in [3.05, 3.63) is 29.8 Å². The molecule has 4 nitrogen and oxygen atoms in total. The topological polar surface area (TPSA) is 41.6 Å². The van der Waals surface area contributed by atoms with Gasteiger partial charge in [-0.15, -0.1) is 0 Å². The molecule has 1 saturated heterocycles. The summed E-state index contributed by atoms with van der Waals surface area (Å²) in [4.78, 5) is 14.5. The number of hydrogen-bond acceptors (Lipinski definition) is 3. The number of nitrogens with one attached hydrogen (secondary N) is 1. The average molecular weight is 288 g/mol. The lowest BCUT2D eigenvalue weighted by molar-refractivity contribution is -0.136. The molecule has 114 valence electrons. The number of hydrogen-bond donors (Lipinski definition) is 1. The number of para-hydroxylation sites is 1. The van der Waals surface area contributed by atoms with Crippen LogP contribution < -0.4 is 10.1 Å². The standard InChI is InChI=1S/C17H24N2O2/c1-19(11-13-5-4-8-18-10-13)17(20)15-9-14-6-2-3-7-16(14)21-12-15/h2-3,6-7,13,15,18H,4-5,8-12H2,1H3. The highest BCUT2D eigenvalue weighted by Crippen LogP contribution is 2.27. The summed E-state index contributed by atoms with van der Waals surface area (Å²) in [5, 5.41) is 3.41. The van der Waals surface area contributed by atoms with Gasteiger partial charge in [0.25, 0.3) is 0 Å². The zero-order chi connectivity index (χ0) is 14.7. The second kappa shape index (κ2) is 6.48. The van der Waals surface area contributed by atoms with Crippen molar-refractivity contribution >= 4 is 5.91 Å². The first-order chi connectivity index (χ1) is 10.2. The minimum atomic E-state index is -0.0403. The predicted molar refractivity (Wildman–Crippen MR) is 82.4 cm³/mol. The summed E-state index contributed by atoms with van der Waals surface area (Å²) in [6, 6.07) is 8.02. The third-order valence-electron chi connectivity index (χ3n) is 4.54. The van der Waals surface area contributed by atoms with Crippen LogP contribution in [0.15, 0.2) is 24.3 Å². The molecule has 21 heavy (non-hydrogen) atoms. The highest BCUT2D eigenvalue weighted by molar-refractivity contribution is 5.79. The van der Waals surface area contributed by atoms with Crippen LogP contribution in [0.4, 0.5) is 0 Å². The SMILES string of the molecule is CN(CC1CCCNC1)C(=O)C1COc2ccccc2C1. The Labute approximate surface area is 126 Å². The number of benzene rings is 1. The van der Waals surface area contributed by atoms with Gasteiger partial charge in [-0.05, 0) is 49.9 Å². The van der Waals surface area contributed by atoms with Crippen LogP contribution in [-0.2, 0) is 11.2 Å². The molecule has 2 heterocycles. The van der Waals surface area contributed by atoms with Crippen molar-refractivity contribution < 1.29 is 9.53 Å². The van der Waals surface area contributed by atoms with Gasteiger partial charge in [-0.3, -0.25) is 4.79 Å². The van der Waals surface area contributed by atoms with Crippen molar-refractivity contribution in [2.24, 2.45) is 11.8 Å². The van der Waals surface area contributed by atoms with Crippen LogP contribution >= 0.6 is 0 Å². The van der Waals surface area contributed by atoms with Crippen LogP contribution in [0, 0.1) is 11.8 Å². The Kier molecular flexibility index (Phi) is 4.44. The third kappa shape index (κ3) is 3.38. The van der Waals surface area contributed by atoms with E-state index < -0.39 is 0 Å². The van der Waals surface area contributed by atoms with Gasteiger partial charge in [-0.2, -0.15) is 0 Å². The van der Waals surface area contributed by atoms with E-state index in [-0.39, 0.29) is 11.8 Å². The molecule has 2 unspecified atom stereocenters. The van der Waals surface area contributed by atoms with Crippen LogP contribution in [0.1, 0.15) is 18.4 Å². The molecule has 1 N–H and O–H groups in total. The van der Waals surface area contributed by atoms with Gasteiger partial charge < -0.3 is 15.0 Å². The summed E-state index contributed by atoms with van der Waals surface area (Å²) in [6.07, 6.45) is 3.23. The average Bonchev–Trinajstić information content (AvgIpc) is 2.54. The van der Waals surface area contributed by atoms with Crippen LogP contribution in [0.2, 0.25) is 0 Å².